The number of rotatable bonds is 8. The van der Waals surface area contributed by atoms with E-state index in [2.05, 4.69) is 15.0 Å². The van der Waals surface area contributed by atoms with Gasteiger partial charge in [0.15, 0.2) is 0 Å². The van der Waals surface area contributed by atoms with Crippen molar-refractivity contribution in [1.29, 1.82) is 0 Å². The van der Waals surface area contributed by atoms with Crippen LogP contribution in [0.1, 0.15) is 33.8 Å². The highest BCUT2D eigenvalue weighted by Gasteiger charge is 2.18. The number of benzene rings is 1. The van der Waals surface area contributed by atoms with Gasteiger partial charge in [-0.25, -0.2) is 8.42 Å². The summed E-state index contributed by atoms with van der Waals surface area (Å²) in [7, 11) is -3.70. The maximum absolute atomic E-state index is 13.2. The summed E-state index contributed by atoms with van der Waals surface area (Å²) in [5, 5.41) is 2.81. The molecule has 2 heterocycles. The average Bonchev–Trinajstić information content (AvgIpc) is 2.73. The minimum atomic E-state index is -3.70. The number of carbonyl (C=O) groups is 1. The van der Waals surface area contributed by atoms with Gasteiger partial charge in [-0.1, -0.05) is 36.4 Å². The minimum absolute atomic E-state index is 0.0432. The fraction of sp³-hybridized carbons (Fsp3) is 0.292. The van der Waals surface area contributed by atoms with Crippen molar-refractivity contribution >= 4 is 21.6 Å². The molecule has 0 saturated carbocycles. The fourth-order valence-corrected chi connectivity index (χ4v) is 4.17. The van der Waals surface area contributed by atoms with E-state index in [4.69, 9.17) is 0 Å². The molecule has 9 heteroatoms. The van der Waals surface area contributed by atoms with Crippen molar-refractivity contribution in [2.24, 2.45) is 0 Å². The molecule has 1 aromatic carbocycles. The average molecular weight is 469 g/mol. The van der Waals surface area contributed by atoms with Crippen molar-refractivity contribution in [2.75, 3.05) is 11.0 Å². The zero-order valence-electron chi connectivity index (χ0n) is 19.2. The molecule has 3 aromatic rings. The van der Waals surface area contributed by atoms with Gasteiger partial charge in [0.2, 0.25) is 15.9 Å². The molecule has 2 N–H and O–H groups in total. The Kier molecular flexibility index (Phi) is 7.33. The second-order valence-corrected chi connectivity index (χ2v) is 9.84. The van der Waals surface area contributed by atoms with Gasteiger partial charge in [0.05, 0.1) is 6.26 Å². The van der Waals surface area contributed by atoms with Crippen LogP contribution in [0.4, 0.5) is 5.69 Å². The first-order valence-corrected chi connectivity index (χ1v) is 12.4. The number of amides is 1. The van der Waals surface area contributed by atoms with Crippen LogP contribution in [0, 0.1) is 20.8 Å². The van der Waals surface area contributed by atoms with Crippen LogP contribution in [-0.2, 0) is 34.3 Å². The number of carbonyl (C=O) groups excluding carboxylic acids is 1. The summed E-state index contributed by atoms with van der Waals surface area (Å²) in [6.45, 7) is 5.55. The second-order valence-electron chi connectivity index (χ2n) is 8.09. The van der Waals surface area contributed by atoms with E-state index in [1.165, 1.54) is 4.57 Å². The molecule has 0 unspecified atom stereocenters. The summed E-state index contributed by atoms with van der Waals surface area (Å²) in [6, 6.07) is 15.0. The van der Waals surface area contributed by atoms with Crippen LogP contribution in [-0.4, -0.2) is 30.1 Å². The van der Waals surface area contributed by atoms with Crippen molar-refractivity contribution in [2.45, 2.75) is 40.3 Å². The number of sulfonamides is 1. The monoisotopic (exact) mass is 468 g/mol. The van der Waals surface area contributed by atoms with E-state index in [0.717, 1.165) is 28.8 Å². The molecular formula is C24H28N4O4S. The lowest BCUT2D eigenvalue weighted by Crippen LogP contribution is -2.35. The van der Waals surface area contributed by atoms with E-state index in [1.807, 2.05) is 56.3 Å². The number of nitrogens with zero attached hydrogens (tertiary/aromatic N) is 2. The molecule has 0 radical (unpaired) electrons. The van der Waals surface area contributed by atoms with Gasteiger partial charge in [-0.05, 0) is 56.0 Å². The normalized spacial score (nSPS) is 11.3. The van der Waals surface area contributed by atoms with Crippen LogP contribution >= 0.6 is 0 Å². The number of aromatic nitrogens is 2. The summed E-state index contributed by atoms with van der Waals surface area (Å²) < 4.78 is 27.5. The van der Waals surface area contributed by atoms with Gasteiger partial charge in [0, 0.05) is 23.6 Å². The van der Waals surface area contributed by atoms with E-state index in [0.29, 0.717) is 17.7 Å². The van der Waals surface area contributed by atoms with Crippen molar-refractivity contribution in [3.63, 3.8) is 0 Å². The number of aryl methyl sites for hydroxylation is 3. The molecule has 0 fully saturated rings. The molecule has 3 rings (SSSR count). The molecule has 0 atom stereocenters. The van der Waals surface area contributed by atoms with E-state index in [-0.39, 0.29) is 24.7 Å². The van der Waals surface area contributed by atoms with Crippen molar-refractivity contribution in [1.82, 2.24) is 14.9 Å². The Morgan fingerprint density at radius 2 is 1.73 bits per heavy atom. The predicted octanol–water partition coefficient (Wildman–Crippen LogP) is 2.45. The third-order valence-electron chi connectivity index (χ3n) is 5.23. The van der Waals surface area contributed by atoms with Gasteiger partial charge in [-0.2, -0.15) is 0 Å². The molecule has 33 heavy (non-hydrogen) atoms. The highest BCUT2D eigenvalue weighted by molar-refractivity contribution is 7.92. The highest BCUT2D eigenvalue weighted by atomic mass is 32.2. The SMILES string of the molecule is Cc1ccc(CNC(=O)Cn2c(C)cc(Cc3ccccc3)c(NS(C)(=O)=O)c2=O)c(C)n1. The number of anilines is 1. The lowest BCUT2D eigenvalue weighted by molar-refractivity contribution is -0.121. The number of hydrogen-bond donors (Lipinski definition) is 2. The summed E-state index contributed by atoms with van der Waals surface area (Å²) in [5.74, 6) is -0.360. The Hall–Kier alpha value is -3.46. The molecular weight excluding hydrogens is 440 g/mol. The van der Waals surface area contributed by atoms with E-state index >= 15 is 0 Å². The third kappa shape index (κ3) is 6.52. The number of nitrogens with one attached hydrogen (secondary N) is 2. The largest absolute Gasteiger partial charge is 0.350 e. The van der Waals surface area contributed by atoms with Crippen molar-refractivity contribution in [3.8, 4) is 0 Å². The van der Waals surface area contributed by atoms with E-state index in [1.54, 1.807) is 13.0 Å². The maximum atomic E-state index is 13.2. The van der Waals surface area contributed by atoms with Gasteiger partial charge >= 0.3 is 0 Å². The molecule has 0 aliphatic heterocycles. The summed E-state index contributed by atoms with van der Waals surface area (Å²) in [5.41, 5.74) is 4.05. The molecule has 0 saturated heterocycles. The van der Waals surface area contributed by atoms with E-state index in [9.17, 15) is 18.0 Å². The summed E-state index contributed by atoms with van der Waals surface area (Å²) >= 11 is 0. The smallest absolute Gasteiger partial charge is 0.275 e. The van der Waals surface area contributed by atoms with Gasteiger partial charge in [-0.3, -0.25) is 19.3 Å². The first-order valence-electron chi connectivity index (χ1n) is 10.5. The number of pyridine rings is 2. The molecule has 2 aromatic heterocycles. The van der Waals surface area contributed by atoms with Crippen LogP contribution < -0.4 is 15.6 Å². The van der Waals surface area contributed by atoms with Crippen molar-refractivity contribution in [3.05, 3.63) is 92.7 Å². The molecule has 1 amide bonds. The molecule has 174 valence electrons. The molecule has 0 aliphatic carbocycles. The Bertz CT molecular complexity index is 1330. The Morgan fingerprint density at radius 1 is 1.03 bits per heavy atom. The first kappa shape index (κ1) is 24.2. The Balaban J connectivity index is 1.87. The van der Waals surface area contributed by atoms with E-state index < -0.39 is 15.6 Å². The topological polar surface area (TPSA) is 110 Å². The molecule has 8 nitrogen and oxygen atoms in total. The summed E-state index contributed by atoms with van der Waals surface area (Å²) in [6.07, 6.45) is 1.37. The van der Waals surface area contributed by atoms with Crippen LogP contribution in [0.15, 0.2) is 53.3 Å². The molecule has 0 aliphatic rings. The highest BCUT2D eigenvalue weighted by Crippen LogP contribution is 2.19. The van der Waals surface area contributed by atoms with Crippen molar-refractivity contribution < 1.29 is 13.2 Å². The Morgan fingerprint density at radius 3 is 2.36 bits per heavy atom. The van der Waals surface area contributed by atoms with Gasteiger partial charge in [-0.15, -0.1) is 0 Å². The first-order chi connectivity index (χ1) is 15.5. The van der Waals surface area contributed by atoms with Gasteiger partial charge in [0.1, 0.15) is 12.2 Å². The van der Waals surface area contributed by atoms with Crippen LogP contribution in [0.3, 0.4) is 0 Å². The zero-order chi connectivity index (χ0) is 24.2. The third-order valence-corrected chi connectivity index (χ3v) is 5.80. The Labute approximate surface area is 193 Å². The van der Waals surface area contributed by atoms with Crippen LogP contribution in [0.25, 0.3) is 0 Å². The van der Waals surface area contributed by atoms with Crippen LogP contribution in [0.2, 0.25) is 0 Å². The minimum Gasteiger partial charge on any atom is -0.350 e. The quantitative estimate of drug-likeness (QED) is 0.528. The van der Waals surface area contributed by atoms with Crippen LogP contribution in [0.5, 0.6) is 0 Å². The van der Waals surface area contributed by atoms with Gasteiger partial charge in [0.25, 0.3) is 5.56 Å². The standard InChI is InChI=1S/C24H28N4O4S/c1-16-10-11-20(18(3)26-16)14-25-22(29)15-28-17(2)12-21(13-19-8-6-5-7-9-19)23(24(28)30)27-33(4,31)32/h5-12,27H,13-15H2,1-4H3,(H,25,29). The fourth-order valence-electron chi connectivity index (χ4n) is 3.58. The van der Waals surface area contributed by atoms with Gasteiger partial charge < -0.3 is 9.88 Å². The number of hydrogen-bond acceptors (Lipinski definition) is 5. The summed E-state index contributed by atoms with van der Waals surface area (Å²) in [4.78, 5) is 30.2. The maximum Gasteiger partial charge on any atom is 0.275 e. The predicted molar refractivity (Wildman–Crippen MR) is 129 cm³/mol. The zero-order valence-corrected chi connectivity index (χ0v) is 20.0. The lowest BCUT2D eigenvalue weighted by Gasteiger charge is -2.17. The molecule has 0 bridgehead atoms. The lowest BCUT2D eigenvalue weighted by atomic mass is 10.0. The molecule has 0 spiro atoms. The second kappa shape index (κ2) is 9.99.